The SMILES string of the molecule is COc1ccccc1N1CCN(CCCNc2c(C)c(=O)[nH]c(=O)n2C)CC1. The molecule has 0 unspecified atom stereocenters. The van der Waals surface area contributed by atoms with E-state index in [9.17, 15) is 9.59 Å². The van der Waals surface area contributed by atoms with E-state index in [2.05, 4.69) is 26.2 Å². The van der Waals surface area contributed by atoms with Crippen LogP contribution < -0.4 is 26.2 Å². The number of nitrogens with zero attached hydrogens (tertiary/aromatic N) is 3. The second-order valence-corrected chi connectivity index (χ2v) is 7.07. The number of anilines is 2. The van der Waals surface area contributed by atoms with Crippen molar-refractivity contribution in [1.82, 2.24) is 14.5 Å². The van der Waals surface area contributed by atoms with Gasteiger partial charge in [0.2, 0.25) is 0 Å². The van der Waals surface area contributed by atoms with Crippen LogP contribution in [0.4, 0.5) is 11.5 Å². The van der Waals surface area contributed by atoms with Crippen LogP contribution in [0.15, 0.2) is 33.9 Å². The first-order chi connectivity index (χ1) is 13.5. The number of methoxy groups -OCH3 is 1. The Morgan fingerprint density at radius 3 is 2.57 bits per heavy atom. The lowest BCUT2D eigenvalue weighted by atomic mass is 10.2. The fraction of sp³-hybridized carbons (Fsp3) is 0.500. The van der Waals surface area contributed by atoms with E-state index >= 15 is 0 Å². The molecule has 8 heteroatoms. The Labute approximate surface area is 164 Å². The zero-order chi connectivity index (χ0) is 20.1. The van der Waals surface area contributed by atoms with Gasteiger partial charge in [-0.1, -0.05) is 12.1 Å². The van der Waals surface area contributed by atoms with E-state index in [0.29, 0.717) is 17.9 Å². The van der Waals surface area contributed by atoms with Crippen LogP contribution >= 0.6 is 0 Å². The summed E-state index contributed by atoms with van der Waals surface area (Å²) in [5.41, 5.74) is 0.952. The van der Waals surface area contributed by atoms with Gasteiger partial charge >= 0.3 is 5.69 Å². The summed E-state index contributed by atoms with van der Waals surface area (Å²) >= 11 is 0. The van der Waals surface area contributed by atoms with Crippen molar-refractivity contribution >= 4 is 11.5 Å². The number of rotatable bonds is 7. The standard InChI is InChI=1S/C20H29N5O3/c1-15-18(23(2)20(27)22-19(15)26)21-9-6-10-24-11-13-25(14-12-24)16-7-4-5-8-17(16)28-3/h4-5,7-8,21H,6,9-14H2,1-3H3,(H,22,26,27). The lowest BCUT2D eigenvalue weighted by Gasteiger charge is -2.36. The summed E-state index contributed by atoms with van der Waals surface area (Å²) in [6.07, 6.45) is 0.940. The molecule has 2 heterocycles. The summed E-state index contributed by atoms with van der Waals surface area (Å²) in [6.45, 7) is 7.34. The van der Waals surface area contributed by atoms with Crippen LogP contribution in [0.5, 0.6) is 5.75 Å². The van der Waals surface area contributed by atoms with E-state index in [1.54, 1.807) is 21.1 Å². The molecule has 8 nitrogen and oxygen atoms in total. The monoisotopic (exact) mass is 387 g/mol. The lowest BCUT2D eigenvalue weighted by molar-refractivity contribution is 0.256. The fourth-order valence-corrected chi connectivity index (χ4v) is 3.60. The van der Waals surface area contributed by atoms with Gasteiger partial charge < -0.3 is 15.0 Å². The minimum Gasteiger partial charge on any atom is -0.495 e. The number of benzene rings is 1. The number of hydrogen-bond donors (Lipinski definition) is 2. The first-order valence-corrected chi connectivity index (χ1v) is 9.65. The van der Waals surface area contributed by atoms with E-state index in [-0.39, 0.29) is 5.56 Å². The highest BCUT2D eigenvalue weighted by Gasteiger charge is 2.19. The van der Waals surface area contributed by atoms with Gasteiger partial charge in [0.15, 0.2) is 0 Å². The molecular weight excluding hydrogens is 358 g/mol. The maximum Gasteiger partial charge on any atom is 0.329 e. The van der Waals surface area contributed by atoms with Crippen molar-refractivity contribution in [2.75, 3.05) is 56.6 Å². The van der Waals surface area contributed by atoms with Gasteiger partial charge in [0, 0.05) is 39.8 Å². The van der Waals surface area contributed by atoms with Crippen molar-refractivity contribution in [1.29, 1.82) is 0 Å². The van der Waals surface area contributed by atoms with Gasteiger partial charge in [-0.05, 0) is 32.0 Å². The molecule has 0 atom stereocenters. The van der Waals surface area contributed by atoms with E-state index < -0.39 is 5.69 Å². The molecule has 3 rings (SSSR count). The average Bonchev–Trinajstić information content (AvgIpc) is 2.72. The maximum atomic E-state index is 11.8. The molecule has 1 aliphatic heterocycles. The number of aromatic amines is 1. The van der Waals surface area contributed by atoms with E-state index in [1.165, 1.54) is 4.57 Å². The smallest absolute Gasteiger partial charge is 0.329 e. The fourth-order valence-electron chi connectivity index (χ4n) is 3.60. The minimum absolute atomic E-state index is 0.335. The molecule has 152 valence electrons. The van der Waals surface area contributed by atoms with Crippen molar-refractivity contribution < 1.29 is 4.74 Å². The Hall–Kier alpha value is -2.74. The molecule has 0 radical (unpaired) electrons. The topological polar surface area (TPSA) is 82.6 Å². The molecule has 0 amide bonds. The predicted molar refractivity (Wildman–Crippen MR) is 112 cm³/mol. The van der Waals surface area contributed by atoms with Crippen LogP contribution in [0.2, 0.25) is 0 Å². The molecule has 1 aromatic carbocycles. The molecule has 1 aliphatic rings. The Kier molecular flexibility index (Phi) is 6.41. The quantitative estimate of drug-likeness (QED) is 0.690. The number of nitrogens with one attached hydrogen (secondary N) is 2. The highest BCUT2D eigenvalue weighted by atomic mass is 16.5. The molecule has 0 spiro atoms. The number of para-hydroxylation sites is 2. The van der Waals surface area contributed by atoms with Gasteiger partial charge in [-0.2, -0.15) is 0 Å². The lowest BCUT2D eigenvalue weighted by Crippen LogP contribution is -2.47. The molecule has 2 N–H and O–H groups in total. The molecule has 1 aromatic heterocycles. The molecule has 2 aromatic rings. The van der Waals surface area contributed by atoms with Crippen molar-refractivity contribution in [3.8, 4) is 5.75 Å². The Morgan fingerprint density at radius 1 is 1.14 bits per heavy atom. The summed E-state index contributed by atoms with van der Waals surface area (Å²) in [5, 5.41) is 3.24. The summed E-state index contributed by atoms with van der Waals surface area (Å²) in [7, 11) is 3.37. The minimum atomic E-state index is -0.398. The first kappa shape index (κ1) is 20.0. The van der Waals surface area contributed by atoms with Crippen molar-refractivity contribution in [2.24, 2.45) is 7.05 Å². The molecule has 0 bridgehead atoms. The second-order valence-electron chi connectivity index (χ2n) is 7.07. The molecule has 0 aliphatic carbocycles. The molecule has 1 fully saturated rings. The van der Waals surface area contributed by atoms with Crippen molar-refractivity contribution in [3.63, 3.8) is 0 Å². The van der Waals surface area contributed by atoms with Crippen LogP contribution in [0.25, 0.3) is 0 Å². The molecule has 0 saturated carbocycles. The largest absolute Gasteiger partial charge is 0.495 e. The number of hydrogen-bond acceptors (Lipinski definition) is 6. The van der Waals surface area contributed by atoms with Gasteiger partial charge in [0.25, 0.3) is 5.56 Å². The van der Waals surface area contributed by atoms with Crippen molar-refractivity contribution in [3.05, 3.63) is 50.7 Å². The Bertz CT molecular complexity index is 879. The van der Waals surface area contributed by atoms with E-state index in [4.69, 9.17) is 4.74 Å². The van der Waals surface area contributed by atoms with Crippen LogP contribution in [0.3, 0.4) is 0 Å². The third kappa shape index (κ3) is 4.39. The van der Waals surface area contributed by atoms with Crippen LogP contribution in [-0.4, -0.2) is 60.8 Å². The van der Waals surface area contributed by atoms with Gasteiger partial charge in [-0.15, -0.1) is 0 Å². The van der Waals surface area contributed by atoms with E-state index in [0.717, 1.165) is 50.6 Å². The summed E-state index contributed by atoms with van der Waals surface area (Å²) in [6, 6.07) is 8.13. The van der Waals surface area contributed by atoms with Crippen molar-refractivity contribution in [2.45, 2.75) is 13.3 Å². The van der Waals surface area contributed by atoms with Gasteiger partial charge in [0.05, 0.1) is 18.4 Å². The van der Waals surface area contributed by atoms with Gasteiger partial charge in [-0.3, -0.25) is 19.2 Å². The van der Waals surface area contributed by atoms with Crippen LogP contribution in [-0.2, 0) is 7.05 Å². The first-order valence-electron chi connectivity index (χ1n) is 9.65. The van der Waals surface area contributed by atoms with Gasteiger partial charge in [0.1, 0.15) is 11.6 Å². The number of ether oxygens (including phenoxy) is 1. The molecule has 1 saturated heterocycles. The molecular formula is C20H29N5O3. The predicted octanol–water partition coefficient (Wildman–Crippen LogP) is 1.01. The maximum absolute atomic E-state index is 11.8. The number of piperazine rings is 1. The van der Waals surface area contributed by atoms with E-state index in [1.807, 2.05) is 18.2 Å². The Balaban J connectivity index is 1.47. The summed E-state index contributed by atoms with van der Waals surface area (Å²) in [5.74, 6) is 1.51. The highest BCUT2D eigenvalue weighted by Crippen LogP contribution is 2.28. The summed E-state index contributed by atoms with van der Waals surface area (Å²) < 4.78 is 6.92. The zero-order valence-corrected chi connectivity index (χ0v) is 16.8. The normalized spacial score (nSPS) is 14.9. The Morgan fingerprint density at radius 2 is 1.86 bits per heavy atom. The van der Waals surface area contributed by atoms with Crippen LogP contribution in [0, 0.1) is 6.92 Å². The van der Waals surface area contributed by atoms with Gasteiger partial charge in [-0.25, -0.2) is 4.79 Å². The number of H-pyrrole nitrogens is 1. The molecule has 28 heavy (non-hydrogen) atoms. The summed E-state index contributed by atoms with van der Waals surface area (Å²) in [4.78, 5) is 30.6. The third-order valence-corrected chi connectivity index (χ3v) is 5.30. The third-order valence-electron chi connectivity index (χ3n) is 5.30. The second kappa shape index (κ2) is 8.97. The van der Waals surface area contributed by atoms with Crippen LogP contribution in [0.1, 0.15) is 12.0 Å². The zero-order valence-electron chi connectivity index (χ0n) is 16.8. The highest BCUT2D eigenvalue weighted by molar-refractivity contribution is 5.58. The number of aromatic nitrogens is 2. The average molecular weight is 387 g/mol.